The minimum Gasteiger partial charge on any atom is -0.392 e. The monoisotopic (exact) mass is 180 g/mol. The molecule has 0 radical (unpaired) electrons. The summed E-state index contributed by atoms with van der Waals surface area (Å²) in [5, 5.41) is 9.13. The first-order valence-corrected chi connectivity index (χ1v) is 6.10. The van der Waals surface area contributed by atoms with Gasteiger partial charge in [-0.3, -0.25) is 0 Å². The number of hydrogen-bond acceptors (Lipinski definition) is 3. The fourth-order valence-corrected chi connectivity index (χ4v) is 2.29. The summed E-state index contributed by atoms with van der Waals surface area (Å²) in [7, 11) is 0. The zero-order chi connectivity index (χ0) is 7.82. The van der Waals surface area contributed by atoms with Gasteiger partial charge in [0.15, 0.2) is 0 Å². The first-order valence-electron chi connectivity index (χ1n) is 3.56. The first kappa shape index (κ1) is 10.7. The molecule has 0 fully saturated rings. The Bertz CT molecular complexity index is 68.6. The molecule has 0 aromatic carbocycles. The highest BCUT2D eigenvalue weighted by molar-refractivity contribution is 8.02. The summed E-state index contributed by atoms with van der Waals surface area (Å²) in [4.78, 5) is 0. The zero-order valence-corrected chi connectivity index (χ0v) is 8.30. The van der Waals surface area contributed by atoms with Crippen LogP contribution in [-0.4, -0.2) is 34.7 Å². The summed E-state index contributed by atoms with van der Waals surface area (Å²) in [6.07, 6.45) is 2.90. The molecule has 0 unspecified atom stereocenters. The van der Waals surface area contributed by atoms with Gasteiger partial charge >= 0.3 is 0 Å². The van der Waals surface area contributed by atoms with E-state index in [2.05, 4.69) is 6.26 Å². The van der Waals surface area contributed by atoms with Crippen molar-refractivity contribution in [1.29, 1.82) is 0 Å². The third-order valence-corrected chi connectivity index (χ3v) is 3.20. The molecule has 0 heterocycles. The van der Waals surface area contributed by atoms with Crippen molar-refractivity contribution in [3.63, 3.8) is 0 Å². The van der Waals surface area contributed by atoms with Crippen molar-refractivity contribution in [2.75, 3.05) is 23.5 Å². The topological polar surface area (TPSA) is 20.2 Å². The molecule has 0 amide bonds. The van der Waals surface area contributed by atoms with Gasteiger partial charge in [0.1, 0.15) is 0 Å². The van der Waals surface area contributed by atoms with Crippen LogP contribution in [0.2, 0.25) is 0 Å². The maximum atomic E-state index is 9.13. The highest BCUT2D eigenvalue weighted by atomic mass is 32.2. The van der Waals surface area contributed by atoms with Crippen LogP contribution in [0.3, 0.4) is 0 Å². The molecule has 0 aliphatic heterocycles. The molecule has 0 aromatic rings. The van der Waals surface area contributed by atoms with Crippen LogP contribution in [-0.2, 0) is 0 Å². The summed E-state index contributed by atoms with van der Waals surface area (Å²) in [5.74, 6) is 3.26. The minimum atomic E-state index is -0.0909. The average molecular weight is 180 g/mol. The van der Waals surface area contributed by atoms with E-state index in [0.717, 1.165) is 17.9 Å². The Hall–Kier alpha value is 0.660. The minimum absolute atomic E-state index is 0.0909. The van der Waals surface area contributed by atoms with Crippen LogP contribution in [0, 0.1) is 0 Å². The van der Waals surface area contributed by atoms with E-state index in [1.165, 1.54) is 5.75 Å². The number of rotatable bonds is 6. The number of thioether (sulfide) groups is 2. The van der Waals surface area contributed by atoms with Crippen molar-refractivity contribution in [2.24, 2.45) is 0 Å². The second-order valence-corrected chi connectivity index (χ2v) is 4.27. The fourth-order valence-electron chi connectivity index (χ4n) is 0.479. The van der Waals surface area contributed by atoms with Crippen LogP contribution in [0.1, 0.15) is 13.3 Å². The third-order valence-electron chi connectivity index (χ3n) is 1.21. The molecule has 1 atom stereocenters. The molecular formula is C7H16OS2. The van der Waals surface area contributed by atoms with E-state index in [4.69, 9.17) is 5.11 Å². The maximum absolute atomic E-state index is 9.13. The lowest BCUT2D eigenvalue weighted by molar-refractivity contribution is 0.195. The van der Waals surface area contributed by atoms with Crippen LogP contribution in [0.4, 0.5) is 0 Å². The fraction of sp³-hybridized carbons (Fsp3) is 1.00. The van der Waals surface area contributed by atoms with Gasteiger partial charge in [0, 0.05) is 17.3 Å². The van der Waals surface area contributed by atoms with E-state index in [9.17, 15) is 0 Å². The Kier molecular flexibility index (Phi) is 8.28. The standard InChI is InChI=1S/C7H16OS2/c1-3-7(8)6-10-5-4-9-2/h7-8H,3-6H2,1-2H3/t7-/m0/s1. The number of hydrogen-bond donors (Lipinski definition) is 1. The van der Waals surface area contributed by atoms with Gasteiger partial charge in [-0.2, -0.15) is 23.5 Å². The molecule has 0 rings (SSSR count). The molecule has 1 nitrogen and oxygen atoms in total. The van der Waals surface area contributed by atoms with Gasteiger partial charge in [0.05, 0.1) is 6.10 Å². The van der Waals surface area contributed by atoms with Crippen molar-refractivity contribution in [2.45, 2.75) is 19.4 Å². The predicted octanol–water partition coefficient (Wildman–Crippen LogP) is 1.85. The Morgan fingerprint density at radius 3 is 2.60 bits per heavy atom. The quantitative estimate of drug-likeness (QED) is 0.630. The largest absolute Gasteiger partial charge is 0.392 e. The van der Waals surface area contributed by atoms with Crippen LogP contribution >= 0.6 is 23.5 Å². The Balaban J connectivity index is 2.89. The van der Waals surface area contributed by atoms with E-state index in [-0.39, 0.29) is 6.10 Å². The summed E-state index contributed by atoms with van der Waals surface area (Å²) >= 11 is 3.70. The molecule has 62 valence electrons. The van der Waals surface area contributed by atoms with Gasteiger partial charge in [0.25, 0.3) is 0 Å². The van der Waals surface area contributed by atoms with E-state index in [1.54, 1.807) is 0 Å². The second-order valence-electron chi connectivity index (χ2n) is 2.13. The van der Waals surface area contributed by atoms with Gasteiger partial charge < -0.3 is 5.11 Å². The smallest absolute Gasteiger partial charge is 0.0628 e. The zero-order valence-electron chi connectivity index (χ0n) is 6.67. The third kappa shape index (κ3) is 6.78. The molecule has 10 heavy (non-hydrogen) atoms. The van der Waals surface area contributed by atoms with E-state index in [0.29, 0.717) is 0 Å². The normalized spacial score (nSPS) is 13.5. The molecule has 0 saturated carbocycles. The summed E-state index contributed by atoms with van der Waals surface area (Å²) < 4.78 is 0. The second kappa shape index (κ2) is 7.76. The van der Waals surface area contributed by atoms with Crippen molar-refractivity contribution >= 4 is 23.5 Å². The predicted molar refractivity (Wildman–Crippen MR) is 52.0 cm³/mol. The molecule has 0 aliphatic carbocycles. The van der Waals surface area contributed by atoms with Crippen LogP contribution < -0.4 is 0 Å². The van der Waals surface area contributed by atoms with Gasteiger partial charge in [-0.1, -0.05) is 6.92 Å². The van der Waals surface area contributed by atoms with Crippen LogP contribution in [0.5, 0.6) is 0 Å². The summed E-state index contributed by atoms with van der Waals surface area (Å²) in [6, 6.07) is 0. The molecule has 0 aromatic heterocycles. The lowest BCUT2D eigenvalue weighted by atomic mass is 10.3. The number of aliphatic hydroxyl groups is 1. The van der Waals surface area contributed by atoms with Crippen molar-refractivity contribution in [3.05, 3.63) is 0 Å². The molecule has 0 bridgehead atoms. The molecule has 0 aliphatic rings. The van der Waals surface area contributed by atoms with Gasteiger partial charge in [-0.05, 0) is 12.7 Å². The molecule has 0 spiro atoms. The molecule has 0 saturated heterocycles. The SMILES string of the molecule is CC[C@H](O)CSCCSC. The summed E-state index contributed by atoms with van der Waals surface area (Å²) in [5.41, 5.74) is 0. The maximum Gasteiger partial charge on any atom is 0.0628 e. The molecule has 1 N–H and O–H groups in total. The Morgan fingerprint density at radius 1 is 1.40 bits per heavy atom. The van der Waals surface area contributed by atoms with E-state index in [1.807, 2.05) is 30.4 Å². The first-order chi connectivity index (χ1) is 4.81. The molecule has 3 heteroatoms. The van der Waals surface area contributed by atoms with Crippen LogP contribution in [0.25, 0.3) is 0 Å². The Labute approximate surface area is 72.0 Å². The van der Waals surface area contributed by atoms with Crippen LogP contribution in [0.15, 0.2) is 0 Å². The Morgan fingerprint density at radius 2 is 2.10 bits per heavy atom. The number of aliphatic hydroxyl groups excluding tert-OH is 1. The van der Waals surface area contributed by atoms with Gasteiger partial charge in [0.2, 0.25) is 0 Å². The lowest BCUT2D eigenvalue weighted by Crippen LogP contribution is -2.08. The lowest BCUT2D eigenvalue weighted by Gasteiger charge is -2.05. The van der Waals surface area contributed by atoms with Crippen molar-refractivity contribution < 1.29 is 5.11 Å². The highest BCUT2D eigenvalue weighted by Gasteiger charge is 1.98. The van der Waals surface area contributed by atoms with E-state index < -0.39 is 0 Å². The average Bonchev–Trinajstić information content (AvgIpc) is 1.98. The van der Waals surface area contributed by atoms with Gasteiger partial charge in [-0.25, -0.2) is 0 Å². The molecular weight excluding hydrogens is 164 g/mol. The highest BCUT2D eigenvalue weighted by Crippen LogP contribution is 2.07. The van der Waals surface area contributed by atoms with E-state index >= 15 is 0 Å². The van der Waals surface area contributed by atoms with Crippen molar-refractivity contribution in [1.82, 2.24) is 0 Å². The van der Waals surface area contributed by atoms with Crippen molar-refractivity contribution in [3.8, 4) is 0 Å². The van der Waals surface area contributed by atoms with Gasteiger partial charge in [-0.15, -0.1) is 0 Å². The summed E-state index contributed by atoms with van der Waals surface area (Å²) in [6.45, 7) is 2.01.